The molecule has 3 N–H and O–H groups in total. The van der Waals surface area contributed by atoms with Crippen LogP contribution in [0.15, 0.2) is 24.3 Å². The van der Waals surface area contributed by atoms with Gasteiger partial charge in [0.15, 0.2) is 0 Å². The molecule has 112 valence electrons. The number of hydrogen-bond donors (Lipinski definition) is 3. The molecule has 1 aliphatic heterocycles. The second-order valence-corrected chi connectivity index (χ2v) is 6.11. The zero-order valence-corrected chi connectivity index (χ0v) is 11.9. The minimum Gasteiger partial charge on any atom is -0.481 e. The lowest BCUT2D eigenvalue weighted by molar-refractivity contribution is -0.139. The van der Waals surface area contributed by atoms with Gasteiger partial charge in [-0.15, -0.1) is 0 Å². The van der Waals surface area contributed by atoms with Crippen molar-refractivity contribution >= 4 is 17.6 Å². The van der Waals surface area contributed by atoms with E-state index in [1.165, 1.54) is 0 Å². The summed E-state index contributed by atoms with van der Waals surface area (Å²) < 4.78 is 0. The molecular formula is C16H20N2O3. The summed E-state index contributed by atoms with van der Waals surface area (Å²) in [6, 6.07) is 7.58. The number of para-hydroxylation sites is 1. The first-order valence-electron chi connectivity index (χ1n) is 7.46. The lowest BCUT2D eigenvalue weighted by Gasteiger charge is -2.30. The van der Waals surface area contributed by atoms with E-state index in [1.807, 2.05) is 24.3 Å². The van der Waals surface area contributed by atoms with Gasteiger partial charge in [-0.25, -0.2) is 0 Å². The second-order valence-electron chi connectivity index (χ2n) is 6.11. The van der Waals surface area contributed by atoms with Crippen LogP contribution < -0.4 is 10.6 Å². The Kier molecular flexibility index (Phi) is 3.57. The predicted octanol–water partition coefficient (Wildman–Crippen LogP) is 1.93. The predicted molar refractivity (Wildman–Crippen MR) is 79.2 cm³/mol. The average molecular weight is 288 g/mol. The largest absolute Gasteiger partial charge is 0.481 e. The first-order chi connectivity index (χ1) is 10.1. The van der Waals surface area contributed by atoms with Gasteiger partial charge in [0.2, 0.25) is 5.91 Å². The first-order valence-corrected chi connectivity index (χ1v) is 7.46. The van der Waals surface area contributed by atoms with Gasteiger partial charge in [0, 0.05) is 12.1 Å². The van der Waals surface area contributed by atoms with E-state index in [2.05, 4.69) is 10.6 Å². The summed E-state index contributed by atoms with van der Waals surface area (Å²) in [6.07, 6.45) is 4.14. The summed E-state index contributed by atoms with van der Waals surface area (Å²) >= 11 is 0. The zero-order valence-electron chi connectivity index (χ0n) is 11.9. The van der Waals surface area contributed by atoms with Gasteiger partial charge in [0.1, 0.15) is 6.04 Å². The molecule has 2 aliphatic rings. The van der Waals surface area contributed by atoms with Crippen LogP contribution in [0, 0.1) is 0 Å². The number of nitrogens with one attached hydrogen (secondary N) is 2. The van der Waals surface area contributed by atoms with Crippen molar-refractivity contribution in [2.75, 3.05) is 5.32 Å². The number of carbonyl (C=O) groups is 2. The molecule has 1 aromatic carbocycles. The maximum Gasteiger partial charge on any atom is 0.305 e. The fourth-order valence-corrected chi connectivity index (χ4v) is 3.49. The standard InChI is InChI=1S/C16H20N2O3/c19-14(20)10-16(7-3-4-8-16)18-15(21)13-9-11-5-1-2-6-12(11)17-13/h1-2,5-6,13,17H,3-4,7-10H2,(H,18,21)(H,19,20). The van der Waals surface area contributed by atoms with Crippen molar-refractivity contribution in [2.45, 2.75) is 50.1 Å². The molecule has 1 amide bonds. The third-order valence-electron chi connectivity index (χ3n) is 4.53. The molecule has 5 nitrogen and oxygen atoms in total. The van der Waals surface area contributed by atoms with E-state index in [0.717, 1.165) is 36.9 Å². The number of carboxylic acids is 1. The summed E-state index contributed by atoms with van der Waals surface area (Å²) in [4.78, 5) is 23.6. The van der Waals surface area contributed by atoms with Crippen LogP contribution in [-0.4, -0.2) is 28.6 Å². The number of fused-ring (bicyclic) bond motifs is 1. The number of benzene rings is 1. The van der Waals surface area contributed by atoms with Gasteiger partial charge in [-0.3, -0.25) is 9.59 Å². The lowest BCUT2D eigenvalue weighted by Crippen LogP contribution is -2.52. The molecule has 21 heavy (non-hydrogen) atoms. The van der Waals surface area contributed by atoms with E-state index >= 15 is 0 Å². The molecular weight excluding hydrogens is 268 g/mol. The van der Waals surface area contributed by atoms with Crippen molar-refractivity contribution in [3.05, 3.63) is 29.8 Å². The Balaban J connectivity index is 1.68. The molecule has 1 fully saturated rings. The van der Waals surface area contributed by atoms with Crippen LogP contribution in [-0.2, 0) is 16.0 Å². The molecule has 1 aromatic rings. The fourth-order valence-electron chi connectivity index (χ4n) is 3.49. The number of carbonyl (C=O) groups excluding carboxylic acids is 1. The van der Waals surface area contributed by atoms with Crippen molar-refractivity contribution < 1.29 is 14.7 Å². The van der Waals surface area contributed by atoms with Gasteiger partial charge in [-0.2, -0.15) is 0 Å². The molecule has 0 bridgehead atoms. The Morgan fingerprint density at radius 1 is 1.29 bits per heavy atom. The van der Waals surface area contributed by atoms with Crippen molar-refractivity contribution in [2.24, 2.45) is 0 Å². The zero-order chi connectivity index (χ0) is 14.9. The van der Waals surface area contributed by atoms with Crippen LogP contribution >= 0.6 is 0 Å². The molecule has 0 saturated heterocycles. The lowest BCUT2D eigenvalue weighted by atomic mass is 9.92. The molecule has 1 unspecified atom stereocenters. The topological polar surface area (TPSA) is 78.4 Å². The van der Waals surface area contributed by atoms with Gasteiger partial charge in [-0.1, -0.05) is 31.0 Å². The summed E-state index contributed by atoms with van der Waals surface area (Å²) in [6.45, 7) is 0. The SMILES string of the molecule is O=C(O)CC1(NC(=O)C2Cc3ccccc3N2)CCCC1. The smallest absolute Gasteiger partial charge is 0.305 e. The normalized spacial score (nSPS) is 22.4. The highest BCUT2D eigenvalue weighted by molar-refractivity contribution is 5.88. The van der Waals surface area contributed by atoms with Crippen molar-refractivity contribution in [3.63, 3.8) is 0 Å². The van der Waals surface area contributed by atoms with Crippen LogP contribution in [0.3, 0.4) is 0 Å². The van der Waals surface area contributed by atoms with E-state index < -0.39 is 11.5 Å². The maximum absolute atomic E-state index is 12.5. The van der Waals surface area contributed by atoms with Gasteiger partial charge >= 0.3 is 5.97 Å². The number of carboxylic acid groups (broad SMARTS) is 1. The monoisotopic (exact) mass is 288 g/mol. The Labute approximate surface area is 123 Å². The van der Waals surface area contributed by atoms with E-state index in [-0.39, 0.29) is 18.4 Å². The number of amides is 1. The third kappa shape index (κ3) is 2.86. The highest BCUT2D eigenvalue weighted by Gasteiger charge is 2.39. The molecule has 0 radical (unpaired) electrons. The Hall–Kier alpha value is -2.04. The van der Waals surface area contributed by atoms with Crippen LogP contribution in [0.25, 0.3) is 0 Å². The third-order valence-corrected chi connectivity index (χ3v) is 4.53. The molecule has 5 heteroatoms. The summed E-state index contributed by atoms with van der Waals surface area (Å²) in [5.74, 6) is -0.936. The second kappa shape index (κ2) is 5.39. The van der Waals surface area contributed by atoms with Gasteiger partial charge in [0.05, 0.1) is 12.0 Å². The molecule has 0 spiro atoms. The van der Waals surface area contributed by atoms with Gasteiger partial charge < -0.3 is 15.7 Å². The molecule has 3 rings (SSSR count). The molecule has 0 aromatic heterocycles. The van der Waals surface area contributed by atoms with Crippen molar-refractivity contribution in [3.8, 4) is 0 Å². The van der Waals surface area contributed by atoms with Gasteiger partial charge in [-0.05, 0) is 24.5 Å². The Morgan fingerprint density at radius 3 is 2.67 bits per heavy atom. The van der Waals surface area contributed by atoms with Crippen molar-refractivity contribution in [1.29, 1.82) is 0 Å². The molecule has 1 atom stereocenters. The summed E-state index contributed by atoms with van der Waals surface area (Å²) in [7, 11) is 0. The highest BCUT2D eigenvalue weighted by Crippen LogP contribution is 2.33. The molecule has 1 saturated carbocycles. The fraction of sp³-hybridized carbons (Fsp3) is 0.500. The molecule has 1 aliphatic carbocycles. The minimum absolute atomic E-state index is 0.0123. The maximum atomic E-state index is 12.5. The number of hydrogen-bond acceptors (Lipinski definition) is 3. The number of anilines is 1. The Morgan fingerprint density at radius 2 is 2.00 bits per heavy atom. The van der Waals surface area contributed by atoms with E-state index in [1.54, 1.807) is 0 Å². The summed E-state index contributed by atoms with van der Waals surface area (Å²) in [5, 5.41) is 15.3. The summed E-state index contributed by atoms with van der Waals surface area (Å²) in [5.41, 5.74) is 1.58. The van der Waals surface area contributed by atoms with Crippen LogP contribution in [0.4, 0.5) is 5.69 Å². The highest BCUT2D eigenvalue weighted by atomic mass is 16.4. The van der Waals surface area contributed by atoms with Crippen LogP contribution in [0.1, 0.15) is 37.7 Å². The van der Waals surface area contributed by atoms with Crippen molar-refractivity contribution in [1.82, 2.24) is 5.32 Å². The van der Waals surface area contributed by atoms with E-state index in [4.69, 9.17) is 5.11 Å². The van der Waals surface area contributed by atoms with Crippen LogP contribution in [0.2, 0.25) is 0 Å². The average Bonchev–Trinajstić information content (AvgIpc) is 3.04. The quantitative estimate of drug-likeness (QED) is 0.791. The van der Waals surface area contributed by atoms with E-state index in [9.17, 15) is 9.59 Å². The van der Waals surface area contributed by atoms with Gasteiger partial charge in [0.25, 0.3) is 0 Å². The molecule has 1 heterocycles. The Bertz CT molecular complexity index is 539. The van der Waals surface area contributed by atoms with E-state index in [0.29, 0.717) is 6.42 Å². The number of aliphatic carboxylic acids is 1. The van der Waals surface area contributed by atoms with Crippen LogP contribution in [0.5, 0.6) is 0 Å². The first kappa shape index (κ1) is 13.9. The minimum atomic E-state index is -0.847. The number of rotatable bonds is 4.